The fourth-order valence-electron chi connectivity index (χ4n) is 4.67. The third-order valence-corrected chi connectivity index (χ3v) is 9.36. The molecule has 0 radical (unpaired) electrons. The molecule has 0 saturated carbocycles. The van der Waals surface area contributed by atoms with E-state index in [1.165, 1.54) is 4.31 Å². The van der Waals surface area contributed by atoms with Gasteiger partial charge in [0.25, 0.3) is 0 Å². The molecule has 11 heteroatoms. The fourth-order valence-corrected chi connectivity index (χ4v) is 6.99. The first kappa shape index (κ1) is 23.0. The number of para-hydroxylation sites is 2. The highest BCUT2D eigenvalue weighted by Gasteiger charge is 2.28. The van der Waals surface area contributed by atoms with Crippen molar-refractivity contribution in [2.24, 2.45) is 0 Å². The van der Waals surface area contributed by atoms with E-state index < -0.39 is 10.0 Å². The average molecular weight is 514 g/mol. The van der Waals surface area contributed by atoms with Gasteiger partial charge in [-0.2, -0.15) is 4.31 Å². The number of rotatable bonds is 7. The molecule has 0 amide bonds. The molecule has 0 bridgehead atoms. The van der Waals surface area contributed by atoms with Crippen molar-refractivity contribution in [1.29, 1.82) is 0 Å². The lowest BCUT2D eigenvalue weighted by atomic mass is 10.2. The second-order valence-corrected chi connectivity index (χ2v) is 11.7. The lowest BCUT2D eigenvalue weighted by molar-refractivity contribution is 0.0730. The Hall–Kier alpha value is -2.44. The first-order chi connectivity index (χ1) is 17.1. The van der Waals surface area contributed by atoms with E-state index in [0.717, 1.165) is 47.0 Å². The van der Waals surface area contributed by atoms with Crippen molar-refractivity contribution < 1.29 is 17.9 Å². The normalized spacial score (nSPS) is 19.7. The van der Waals surface area contributed by atoms with Gasteiger partial charge in [-0.3, -0.25) is 0 Å². The molecule has 2 saturated heterocycles. The van der Waals surface area contributed by atoms with Crippen LogP contribution in [0.25, 0.3) is 22.1 Å². The molecule has 2 aromatic carbocycles. The number of imidazole rings is 2. The first-order valence-electron chi connectivity index (χ1n) is 11.8. The number of hydrogen-bond donors (Lipinski definition) is 1. The molecular weight excluding hydrogens is 486 g/mol. The number of H-pyrrole nitrogens is 1. The van der Waals surface area contributed by atoms with Crippen molar-refractivity contribution in [3.63, 3.8) is 0 Å². The summed E-state index contributed by atoms with van der Waals surface area (Å²) in [5.74, 6) is 1.50. The summed E-state index contributed by atoms with van der Waals surface area (Å²) in [6.07, 6.45) is 2.20. The summed E-state index contributed by atoms with van der Waals surface area (Å²) >= 11 is 1.59. The van der Waals surface area contributed by atoms with Crippen LogP contribution >= 0.6 is 11.8 Å². The summed E-state index contributed by atoms with van der Waals surface area (Å²) in [7, 11) is -3.59. The topological polar surface area (TPSA) is 102 Å². The highest BCUT2D eigenvalue weighted by Crippen LogP contribution is 2.30. The Kier molecular flexibility index (Phi) is 6.27. The number of benzene rings is 2. The maximum atomic E-state index is 13.2. The fraction of sp³-hybridized carbons (Fsp3) is 0.417. The summed E-state index contributed by atoms with van der Waals surface area (Å²) < 4.78 is 41.3. The highest BCUT2D eigenvalue weighted by molar-refractivity contribution is 7.98. The van der Waals surface area contributed by atoms with Crippen LogP contribution in [-0.2, 0) is 31.8 Å². The van der Waals surface area contributed by atoms with Crippen LogP contribution < -0.4 is 0 Å². The van der Waals surface area contributed by atoms with Crippen LogP contribution in [0.15, 0.2) is 52.5 Å². The van der Waals surface area contributed by atoms with Crippen molar-refractivity contribution in [3.8, 4) is 0 Å². The van der Waals surface area contributed by atoms with Crippen molar-refractivity contribution >= 4 is 43.9 Å². The minimum Gasteiger partial charge on any atom is -0.379 e. The van der Waals surface area contributed by atoms with Crippen LogP contribution in [0.5, 0.6) is 0 Å². The van der Waals surface area contributed by atoms with Crippen LogP contribution in [0.4, 0.5) is 0 Å². The molecule has 0 aliphatic carbocycles. The molecule has 2 aliphatic heterocycles. The van der Waals surface area contributed by atoms with E-state index in [1.807, 2.05) is 30.3 Å². The zero-order valence-corrected chi connectivity index (χ0v) is 20.9. The zero-order valence-electron chi connectivity index (χ0n) is 19.2. The molecule has 2 fully saturated rings. The average Bonchev–Trinajstić information content (AvgIpc) is 3.62. The Balaban J connectivity index is 1.32. The van der Waals surface area contributed by atoms with E-state index in [1.54, 1.807) is 23.9 Å². The molecule has 4 heterocycles. The predicted molar refractivity (Wildman–Crippen MR) is 134 cm³/mol. The lowest BCUT2D eigenvalue weighted by Gasteiger charge is -2.26. The highest BCUT2D eigenvalue weighted by atomic mass is 32.2. The van der Waals surface area contributed by atoms with Gasteiger partial charge in [0.2, 0.25) is 10.0 Å². The SMILES string of the molecule is O=S(=O)(c1ccc2c(c1)nc(SCc1nc3ccccc3[nH]1)n2C[C@H]1CCCO1)N1CCOCC1. The molecule has 1 atom stereocenters. The molecule has 6 rings (SSSR count). The predicted octanol–water partition coefficient (Wildman–Crippen LogP) is 3.40. The van der Waals surface area contributed by atoms with Crippen LogP contribution in [-0.4, -0.2) is 71.3 Å². The number of ether oxygens (including phenoxy) is 2. The van der Waals surface area contributed by atoms with Gasteiger partial charge < -0.3 is 19.0 Å². The minimum absolute atomic E-state index is 0.134. The largest absolute Gasteiger partial charge is 0.379 e. The molecule has 4 aromatic rings. The van der Waals surface area contributed by atoms with E-state index in [-0.39, 0.29) is 11.0 Å². The summed E-state index contributed by atoms with van der Waals surface area (Å²) in [4.78, 5) is 13.2. The molecule has 2 aliphatic rings. The second-order valence-electron chi connectivity index (χ2n) is 8.80. The van der Waals surface area contributed by atoms with Gasteiger partial charge in [-0.1, -0.05) is 23.9 Å². The standard InChI is InChI=1S/C24H27N5O4S2/c30-35(31,28-9-12-32-13-10-28)18-7-8-22-21(14-18)27-24(29(22)15-17-4-3-11-33-17)34-16-23-25-19-5-1-2-6-20(19)26-23/h1-2,5-8,14,17H,3-4,9-13,15-16H2,(H,25,26)/t17-/m1/s1. The van der Waals surface area contributed by atoms with Crippen molar-refractivity contribution in [3.05, 3.63) is 48.3 Å². The van der Waals surface area contributed by atoms with E-state index in [2.05, 4.69) is 14.5 Å². The number of nitrogens with zero attached hydrogens (tertiary/aromatic N) is 4. The molecular formula is C24H27N5O4S2. The zero-order chi connectivity index (χ0) is 23.8. The summed E-state index contributed by atoms with van der Waals surface area (Å²) in [6.45, 7) is 3.04. The maximum Gasteiger partial charge on any atom is 0.243 e. The smallest absolute Gasteiger partial charge is 0.243 e. The van der Waals surface area contributed by atoms with Crippen LogP contribution in [0.2, 0.25) is 0 Å². The number of sulfonamides is 1. The Morgan fingerprint density at radius 2 is 1.91 bits per heavy atom. The molecule has 0 unspecified atom stereocenters. The second kappa shape index (κ2) is 9.55. The van der Waals surface area contributed by atoms with E-state index in [0.29, 0.717) is 44.1 Å². The third kappa shape index (κ3) is 4.58. The Bertz CT molecular complexity index is 1420. The summed E-state index contributed by atoms with van der Waals surface area (Å²) in [5, 5.41) is 0.830. The molecule has 184 valence electrons. The van der Waals surface area contributed by atoms with Gasteiger partial charge in [-0.05, 0) is 43.2 Å². The van der Waals surface area contributed by atoms with Gasteiger partial charge in [-0.15, -0.1) is 0 Å². The number of aromatic nitrogens is 4. The lowest BCUT2D eigenvalue weighted by Crippen LogP contribution is -2.40. The van der Waals surface area contributed by atoms with Crippen molar-refractivity contribution in [1.82, 2.24) is 23.8 Å². The third-order valence-electron chi connectivity index (χ3n) is 6.48. The van der Waals surface area contributed by atoms with Crippen LogP contribution in [0.1, 0.15) is 18.7 Å². The molecule has 2 aromatic heterocycles. The van der Waals surface area contributed by atoms with E-state index in [9.17, 15) is 8.42 Å². The Morgan fingerprint density at radius 3 is 2.71 bits per heavy atom. The van der Waals surface area contributed by atoms with Gasteiger partial charge in [0.15, 0.2) is 5.16 Å². The van der Waals surface area contributed by atoms with Gasteiger partial charge in [0.1, 0.15) is 5.82 Å². The summed E-state index contributed by atoms with van der Waals surface area (Å²) in [5.41, 5.74) is 3.53. The van der Waals surface area contributed by atoms with Crippen molar-refractivity contribution in [2.45, 2.75) is 41.3 Å². The van der Waals surface area contributed by atoms with Gasteiger partial charge in [0, 0.05) is 19.7 Å². The first-order valence-corrected chi connectivity index (χ1v) is 14.3. The Morgan fingerprint density at radius 1 is 1.06 bits per heavy atom. The quantitative estimate of drug-likeness (QED) is 0.378. The van der Waals surface area contributed by atoms with Crippen molar-refractivity contribution in [2.75, 3.05) is 32.9 Å². The van der Waals surface area contributed by atoms with E-state index >= 15 is 0 Å². The Labute approximate surface area is 207 Å². The number of hydrogen-bond acceptors (Lipinski definition) is 7. The number of thioether (sulfide) groups is 1. The monoisotopic (exact) mass is 513 g/mol. The number of nitrogens with one attached hydrogen (secondary N) is 1. The van der Waals surface area contributed by atoms with Gasteiger partial charge >= 0.3 is 0 Å². The minimum atomic E-state index is -3.59. The van der Waals surface area contributed by atoms with E-state index in [4.69, 9.17) is 14.5 Å². The molecule has 9 nitrogen and oxygen atoms in total. The van der Waals surface area contributed by atoms with Gasteiger partial charge in [0.05, 0.1) is 58.6 Å². The maximum absolute atomic E-state index is 13.2. The molecule has 1 N–H and O–H groups in total. The molecule has 0 spiro atoms. The number of aromatic amines is 1. The number of fused-ring (bicyclic) bond motifs is 2. The number of morpholine rings is 1. The molecule has 35 heavy (non-hydrogen) atoms. The van der Waals surface area contributed by atoms with Crippen LogP contribution in [0, 0.1) is 0 Å². The van der Waals surface area contributed by atoms with Crippen LogP contribution in [0.3, 0.4) is 0 Å². The van der Waals surface area contributed by atoms with Gasteiger partial charge in [-0.25, -0.2) is 18.4 Å². The summed E-state index contributed by atoms with van der Waals surface area (Å²) in [6, 6.07) is 13.2.